The molecule has 2 heterocycles. The van der Waals surface area contributed by atoms with Crippen molar-refractivity contribution in [3.8, 4) is 0 Å². The van der Waals surface area contributed by atoms with E-state index in [0.29, 0.717) is 12.2 Å². The highest BCUT2D eigenvalue weighted by Crippen LogP contribution is 2.07. The van der Waals surface area contributed by atoms with Gasteiger partial charge in [0.05, 0.1) is 11.2 Å². The Kier molecular flexibility index (Phi) is 3.53. The smallest absolute Gasteiger partial charge is 0.270 e. The van der Waals surface area contributed by atoms with Gasteiger partial charge in [-0.1, -0.05) is 0 Å². The van der Waals surface area contributed by atoms with Gasteiger partial charge < -0.3 is 5.32 Å². The number of amides is 1. The number of carbonyl (C=O) groups is 1. The lowest BCUT2D eigenvalue weighted by molar-refractivity contribution is 0.0949. The summed E-state index contributed by atoms with van der Waals surface area (Å²) in [5.74, 6) is -0.113. The molecule has 0 bridgehead atoms. The molecular formula is C11H14N4OS. The molecule has 0 atom stereocenters. The molecule has 0 aliphatic rings. The second kappa shape index (κ2) is 5.09. The van der Waals surface area contributed by atoms with E-state index in [1.165, 1.54) is 11.3 Å². The Balaban J connectivity index is 1.81. The number of rotatable bonds is 4. The summed E-state index contributed by atoms with van der Waals surface area (Å²) in [6, 6.07) is 0. The van der Waals surface area contributed by atoms with Gasteiger partial charge in [-0.25, -0.2) is 4.98 Å². The van der Waals surface area contributed by atoms with Crippen LogP contribution in [0.25, 0.3) is 0 Å². The van der Waals surface area contributed by atoms with E-state index in [0.717, 1.165) is 17.0 Å². The largest absolute Gasteiger partial charge is 0.350 e. The summed E-state index contributed by atoms with van der Waals surface area (Å²) in [7, 11) is 1.88. The average molecular weight is 250 g/mol. The fourth-order valence-corrected chi connectivity index (χ4v) is 2.07. The van der Waals surface area contributed by atoms with Gasteiger partial charge in [-0.3, -0.25) is 9.48 Å². The first-order valence-corrected chi connectivity index (χ1v) is 6.21. The average Bonchev–Trinajstić information content (AvgIpc) is 2.88. The maximum absolute atomic E-state index is 11.7. The summed E-state index contributed by atoms with van der Waals surface area (Å²) in [5.41, 5.74) is 1.61. The van der Waals surface area contributed by atoms with Gasteiger partial charge in [-0.2, -0.15) is 5.10 Å². The van der Waals surface area contributed by atoms with E-state index in [1.807, 2.05) is 20.2 Å². The molecule has 6 heteroatoms. The normalized spacial score (nSPS) is 10.5. The molecule has 0 aromatic carbocycles. The fraction of sp³-hybridized carbons (Fsp3) is 0.364. The maximum atomic E-state index is 11.7. The van der Waals surface area contributed by atoms with Crippen LogP contribution in [0.5, 0.6) is 0 Å². The number of nitrogens with one attached hydrogen (secondary N) is 1. The number of hydrogen-bond donors (Lipinski definition) is 1. The van der Waals surface area contributed by atoms with Crippen LogP contribution >= 0.6 is 11.3 Å². The first kappa shape index (κ1) is 11.8. The molecule has 0 unspecified atom stereocenters. The lowest BCUT2D eigenvalue weighted by Gasteiger charge is -2.01. The van der Waals surface area contributed by atoms with Crippen molar-refractivity contribution in [3.05, 3.63) is 34.0 Å². The van der Waals surface area contributed by atoms with Crippen LogP contribution in [0.4, 0.5) is 0 Å². The minimum absolute atomic E-state index is 0.113. The highest BCUT2D eigenvalue weighted by atomic mass is 32.1. The minimum Gasteiger partial charge on any atom is -0.350 e. The van der Waals surface area contributed by atoms with E-state index in [9.17, 15) is 4.79 Å². The molecule has 0 saturated heterocycles. The quantitative estimate of drug-likeness (QED) is 0.885. The van der Waals surface area contributed by atoms with Crippen LogP contribution in [0.3, 0.4) is 0 Å². The fourth-order valence-electron chi connectivity index (χ4n) is 1.48. The number of aryl methyl sites for hydroxylation is 2. The Morgan fingerprint density at radius 3 is 3.00 bits per heavy atom. The second-order valence-corrected chi connectivity index (χ2v) is 4.84. The van der Waals surface area contributed by atoms with Crippen LogP contribution in [-0.2, 0) is 13.5 Å². The first-order valence-electron chi connectivity index (χ1n) is 5.33. The van der Waals surface area contributed by atoms with Crippen molar-refractivity contribution in [3.63, 3.8) is 0 Å². The van der Waals surface area contributed by atoms with Crippen LogP contribution in [-0.4, -0.2) is 27.2 Å². The number of aromatic nitrogens is 3. The zero-order valence-electron chi connectivity index (χ0n) is 9.80. The van der Waals surface area contributed by atoms with Gasteiger partial charge in [0.15, 0.2) is 0 Å². The van der Waals surface area contributed by atoms with Crippen molar-refractivity contribution in [1.29, 1.82) is 0 Å². The molecule has 5 nitrogen and oxygen atoms in total. The SMILES string of the molecule is Cc1nc(C(=O)NCCc2cnn(C)c2)cs1. The Morgan fingerprint density at radius 2 is 2.41 bits per heavy atom. The van der Waals surface area contributed by atoms with E-state index in [4.69, 9.17) is 0 Å². The molecule has 2 rings (SSSR count). The zero-order valence-corrected chi connectivity index (χ0v) is 10.6. The van der Waals surface area contributed by atoms with Crippen LogP contribution in [0.2, 0.25) is 0 Å². The summed E-state index contributed by atoms with van der Waals surface area (Å²) < 4.78 is 1.75. The van der Waals surface area contributed by atoms with Crippen molar-refractivity contribution in [2.45, 2.75) is 13.3 Å². The summed E-state index contributed by atoms with van der Waals surface area (Å²) in [6.45, 7) is 2.48. The molecule has 90 valence electrons. The monoisotopic (exact) mass is 250 g/mol. The Labute approximate surface area is 103 Å². The number of thiazole rings is 1. The van der Waals surface area contributed by atoms with Crippen molar-refractivity contribution >= 4 is 17.2 Å². The molecule has 17 heavy (non-hydrogen) atoms. The summed E-state index contributed by atoms with van der Waals surface area (Å²) in [6.07, 6.45) is 4.53. The molecule has 0 saturated carbocycles. The zero-order chi connectivity index (χ0) is 12.3. The Hall–Kier alpha value is -1.69. The number of nitrogens with zero attached hydrogens (tertiary/aromatic N) is 3. The predicted octanol–water partition coefficient (Wildman–Crippen LogP) is 1.16. The van der Waals surface area contributed by atoms with Crippen molar-refractivity contribution in [2.24, 2.45) is 7.05 Å². The second-order valence-electron chi connectivity index (χ2n) is 3.78. The molecule has 0 radical (unpaired) electrons. The van der Waals surface area contributed by atoms with Crippen LogP contribution < -0.4 is 5.32 Å². The summed E-state index contributed by atoms with van der Waals surface area (Å²) in [4.78, 5) is 15.8. The van der Waals surface area contributed by atoms with Gasteiger partial charge in [0, 0.05) is 25.2 Å². The molecule has 1 N–H and O–H groups in total. The molecule has 0 aliphatic heterocycles. The van der Waals surface area contributed by atoms with Gasteiger partial charge in [-0.05, 0) is 18.9 Å². The first-order chi connectivity index (χ1) is 8.15. The third-order valence-corrected chi connectivity index (χ3v) is 3.08. The molecular weight excluding hydrogens is 236 g/mol. The topological polar surface area (TPSA) is 59.8 Å². The van der Waals surface area contributed by atoms with E-state index < -0.39 is 0 Å². The standard InChI is InChI=1S/C11H14N4OS/c1-8-14-10(7-17-8)11(16)12-4-3-9-5-13-15(2)6-9/h5-7H,3-4H2,1-2H3,(H,12,16). The van der Waals surface area contributed by atoms with Crippen LogP contribution in [0.1, 0.15) is 21.1 Å². The van der Waals surface area contributed by atoms with Crippen molar-refractivity contribution < 1.29 is 4.79 Å². The van der Waals surface area contributed by atoms with Crippen molar-refractivity contribution in [2.75, 3.05) is 6.54 Å². The van der Waals surface area contributed by atoms with Gasteiger partial charge in [0.25, 0.3) is 5.91 Å². The number of hydrogen-bond acceptors (Lipinski definition) is 4. The third-order valence-electron chi connectivity index (χ3n) is 2.31. The molecule has 2 aromatic rings. The minimum atomic E-state index is -0.113. The Bertz CT molecular complexity index is 517. The molecule has 2 aromatic heterocycles. The highest BCUT2D eigenvalue weighted by Gasteiger charge is 2.08. The van der Waals surface area contributed by atoms with E-state index in [1.54, 1.807) is 16.3 Å². The van der Waals surface area contributed by atoms with Crippen molar-refractivity contribution in [1.82, 2.24) is 20.1 Å². The molecule has 0 spiro atoms. The maximum Gasteiger partial charge on any atom is 0.270 e. The summed E-state index contributed by atoms with van der Waals surface area (Å²) >= 11 is 1.48. The molecule has 0 fully saturated rings. The predicted molar refractivity (Wildman–Crippen MR) is 66.1 cm³/mol. The Morgan fingerprint density at radius 1 is 1.59 bits per heavy atom. The van der Waals surface area contributed by atoms with E-state index in [2.05, 4.69) is 15.4 Å². The lowest BCUT2D eigenvalue weighted by Crippen LogP contribution is -2.25. The van der Waals surface area contributed by atoms with Gasteiger partial charge >= 0.3 is 0 Å². The van der Waals surface area contributed by atoms with Gasteiger partial charge in [0.2, 0.25) is 0 Å². The van der Waals surface area contributed by atoms with Gasteiger partial charge in [-0.15, -0.1) is 11.3 Å². The summed E-state index contributed by atoms with van der Waals surface area (Å²) in [5, 5.41) is 9.58. The van der Waals surface area contributed by atoms with Crippen LogP contribution in [0, 0.1) is 6.92 Å². The lowest BCUT2D eigenvalue weighted by atomic mass is 10.2. The van der Waals surface area contributed by atoms with Crippen LogP contribution in [0.15, 0.2) is 17.8 Å². The van der Waals surface area contributed by atoms with E-state index in [-0.39, 0.29) is 5.91 Å². The number of carbonyl (C=O) groups excluding carboxylic acids is 1. The molecule has 0 aliphatic carbocycles. The van der Waals surface area contributed by atoms with E-state index >= 15 is 0 Å². The third kappa shape index (κ3) is 3.13. The van der Waals surface area contributed by atoms with Gasteiger partial charge in [0.1, 0.15) is 5.69 Å². The highest BCUT2D eigenvalue weighted by molar-refractivity contribution is 7.09. The molecule has 1 amide bonds.